The van der Waals surface area contributed by atoms with Crippen molar-refractivity contribution in [2.24, 2.45) is 0 Å². The van der Waals surface area contributed by atoms with Crippen molar-refractivity contribution in [1.82, 2.24) is 30.2 Å². The van der Waals surface area contributed by atoms with Crippen molar-refractivity contribution in [2.75, 3.05) is 46.3 Å². The van der Waals surface area contributed by atoms with Gasteiger partial charge in [-0.1, -0.05) is 5.16 Å². The summed E-state index contributed by atoms with van der Waals surface area (Å²) in [6.45, 7) is 5.96. The van der Waals surface area contributed by atoms with Gasteiger partial charge in [-0.15, -0.1) is 0 Å². The Morgan fingerprint density at radius 3 is 2.96 bits per heavy atom. The first-order chi connectivity index (χ1) is 13.2. The standard InChI is InChI=1S/C19H24N6O2/c1-24-9-11-25(12-10-24)8-2-6-21-18(26)19-22-17(23-27-19)15-3-4-16-14(13-15)5-7-20-16/h3-5,7,13,20H,2,6,8-12H2,1H3,(H,21,26). The lowest BCUT2D eigenvalue weighted by molar-refractivity contribution is 0.0906. The van der Waals surface area contributed by atoms with Crippen LogP contribution in [-0.2, 0) is 0 Å². The Hall–Kier alpha value is -2.71. The van der Waals surface area contributed by atoms with Gasteiger partial charge in [0.05, 0.1) is 0 Å². The fraction of sp³-hybridized carbons (Fsp3) is 0.421. The Kier molecular flexibility index (Phi) is 5.17. The van der Waals surface area contributed by atoms with Crippen molar-refractivity contribution in [1.29, 1.82) is 0 Å². The minimum atomic E-state index is -0.324. The average molecular weight is 368 g/mol. The van der Waals surface area contributed by atoms with E-state index in [1.165, 1.54) is 0 Å². The minimum Gasteiger partial charge on any atom is -0.361 e. The molecule has 2 aromatic heterocycles. The summed E-state index contributed by atoms with van der Waals surface area (Å²) in [6, 6.07) is 7.81. The molecular weight excluding hydrogens is 344 g/mol. The molecule has 3 heterocycles. The van der Waals surface area contributed by atoms with Crippen molar-refractivity contribution < 1.29 is 9.32 Å². The summed E-state index contributed by atoms with van der Waals surface area (Å²) in [5.74, 6) is 0.0919. The van der Waals surface area contributed by atoms with E-state index in [1.807, 2.05) is 30.5 Å². The van der Waals surface area contributed by atoms with Crippen molar-refractivity contribution in [3.8, 4) is 11.4 Å². The Morgan fingerprint density at radius 2 is 2.11 bits per heavy atom. The lowest BCUT2D eigenvalue weighted by Gasteiger charge is -2.32. The minimum absolute atomic E-state index is 0.00115. The first-order valence-corrected chi connectivity index (χ1v) is 9.29. The van der Waals surface area contributed by atoms with E-state index in [2.05, 4.69) is 37.3 Å². The molecule has 3 aromatic rings. The summed E-state index contributed by atoms with van der Waals surface area (Å²) in [6.07, 6.45) is 2.78. The van der Waals surface area contributed by atoms with Crippen LogP contribution in [0.25, 0.3) is 22.3 Å². The van der Waals surface area contributed by atoms with Crippen LogP contribution in [0.2, 0.25) is 0 Å². The second-order valence-electron chi connectivity index (χ2n) is 6.96. The molecule has 0 saturated carbocycles. The zero-order chi connectivity index (χ0) is 18.6. The van der Waals surface area contributed by atoms with E-state index in [1.54, 1.807) is 0 Å². The molecule has 0 atom stereocenters. The number of carbonyl (C=O) groups excluding carboxylic acids is 1. The highest BCUT2D eigenvalue weighted by atomic mass is 16.5. The van der Waals surface area contributed by atoms with E-state index >= 15 is 0 Å². The van der Waals surface area contributed by atoms with Crippen LogP contribution in [0, 0.1) is 0 Å². The number of nitrogens with zero attached hydrogens (tertiary/aromatic N) is 4. The van der Waals surface area contributed by atoms with E-state index in [9.17, 15) is 4.79 Å². The molecule has 27 heavy (non-hydrogen) atoms. The monoisotopic (exact) mass is 368 g/mol. The van der Waals surface area contributed by atoms with Gasteiger partial charge in [-0.25, -0.2) is 0 Å². The molecule has 1 saturated heterocycles. The molecule has 8 heteroatoms. The normalized spacial score (nSPS) is 16.0. The van der Waals surface area contributed by atoms with Crippen molar-refractivity contribution >= 4 is 16.8 Å². The molecule has 0 radical (unpaired) electrons. The summed E-state index contributed by atoms with van der Waals surface area (Å²) in [7, 11) is 2.15. The maximum Gasteiger partial charge on any atom is 0.316 e. The molecule has 1 amide bonds. The zero-order valence-corrected chi connectivity index (χ0v) is 15.4. The topological polar surface area (TPSA) is 90.3 Å². The Bertz CT molecular complexity index is 910. The largest absolute Gasteiger partial charge is 0.361 e. The van der Waals surface area contributed by atoms with E-state index in [-0.39, 0.29) is 11.8 Å². The molecule has 0 spiro atoms. The first-order valence-electron chi connectivity index (χ1n) is 9.29. The molecule has 1 fully saturated rings. The molecule has 0 unspecified atom stereocenters. The van der Waals surface area contributed by atoms with Crippen LogP contribution >= 0.6 is 0 Å². The summed E-state index contributed by atoms with van der Waals surface area (Å²) in [5.41, 5.74) is 1.86. The van der Waals surface area contributed by atoms with E-state index in [0.29, 0.717) is 12.4 Å². The molecule has 1 aliphatic rings. The second-order valence-corrected chi connectivity index (χ2v) is 6.96. The lowest BCUT2D eigenvalue weighted by atomic mass is 10.1. The van der Waals surface area contributed by atoms with E-state index in [0.717, 1.165) is 55.6 Å². The smallest absolute Gasteiger partial charge is 0.316 e. The fourth-order valence-electron chi connectivity index (χ4n) is 3.28. The third-order valence-corrected chi connectivity index (χ3v) is 4.96. The highest BCUT2D eigenvalue weighted by Crippen LogP contribution is 2.21. The number of carbonyl (C=O) groups is 1. The van der Waals surface area contributed by atoms with E-state index in [4.69, 9.17) is 4.52 Å². The average Bonchev–Trinajstić information content (AvgIpc) is 3.35. The molecule has 0 aliphatic carbocycles. The van der Waals surface area contributed by atoms with Gasteiger partial charge in [0.25, 0.3) is 0 Å². The number of nitrogens with one attached hydrogen (secondary N) is 2. The Morgan fingerprint density at radius 1 is 1.26 bits per heavy atom. The van der Waals surface area contributed by atoms with Gasteiger partial charge in [0.2, 0.25) is 5.82 Å². The van der Waals surface area contributed by atoms with Gasteiger partial charge in [0.1, 0.15) is 0 Å². The molecule has 4 rings (SSSR count). The maximum absolute atomic E-state index is 12.2. The van der Waals surface area contributed by atoms with Gasteiger partial charge in [-0.2, -0.15) is 4.98 Å². The molecule has 1 aromatic carbocycles. The maximum atomic E-state index is 12.2. The number of aromatic amines is 1. The zero-order valence-electron chi connectivity index (χ0n) is 15.4. The van der Waals surface area contributed by atoms with Gasteiger partial charge in [0.15, 0.2) is 0 Å². The first kappa shape index (κ1) is 17.7. The number of likely N-dealkylation sites (N-methyl/N-ethyl adjacent to an activating group) is 1. The summed E-state index contributed by atoms with van der Waals surface area (Å²) in [5, 5.41) is 7.86. The molecular formula is C19H24N6O2. The van der Waals surface area contributed by atoms with Gasteiger partial charge >= 0.3 is 11.8 Å². The number of hydrogen-bond donors (Lipinski definition) is 2. The number of H-pyrrole nitrogens is 1. The van der Waals surface area contributed by atoms with Crippen LogP contribution in [0.4, 0.5) is 0 Å². The molecule has 2 N–H and O–H groups in total. The van der Waals surface area contributed by atoms with Crippen molar-refractivity contribution in [2.45, 2.75) is 6.42 Å². The van der Waals surface area contributed by atoms with Crippen LogP contribution in [-0.4, -0.2) is 77.1 Å². The quantitative estimate of drug-likeness (QED) is 0.642. The molecule has 0 bridgehead atoms. The third-order valence-electron chi connectivity index (χ3n) is 4.96. The third kappa shape index (κ3) is 4.17. The lowest BCUT2D eigenvalue weighted by Crippen LogP contribution is -2.45. The van der Waals surface area contributed by atoms with Crippen LogP contribution in [0.5, 0.6) is 0 Å². The summed E-state index contributed by atoms with van der Waals surface area (Å²) in [4.78, 5) is 24.4. The van der Waals surface area contributed by atoms with Gasteiger partial charge in [-0.05, 0) is 44.3 Å². The Balaban J connectivity index is 1.28. The van der Waals surface area contributed by atoms with Crippen LogP contribution in [0.1, 0.15) is 17.1 Å². The predicted octanol–water partition coefficient (Wildman–Crippen LogP) is 1.59. The van der Waals surface area contributed by atoms with E-state index < -0.39 is 0 Å². The van der Waals surface area contributed by atoms with Crippen LogP contribution in [0.3, 0.4) is 0 Å². The highest BCUT2D eigenvalue weighted by Gasteiger charge is 2.17. The number of benzene rings is 1. The highest BCUT2D eigenvalue weighted by molar-refractivity contribution is 5.90. The number of piperazine rings is 1. The van der Waals surface area contributed by atoms with Crippen molar-refractivity contribution in [3.05, 3.63) is 36.4 Å². The molecule has 142 valence electrons. The van der Waals surface area contributed by atoms with Gasteiger partial charge < -0.3 is 24.6 Å². The summed E-state index contributed by atoms with van der Waals surface area (Å²) < 4.78 is 5.14. The van der Waals surface area contributed by atoms with Gasteiger partial charge in [0, 0.05) is 55.4 Å². The van der Waals surface area contributed by atoms with Gasteiger partial charge in [-0.3, -0.25) is 4.79 Å². The number of rotatable bonds is 6. The van der Waals surface area contributed by atoms with Crippen molar-refractivity contribution in [3.63, 3.8) is 0 Å². The molecule has 8 nitrogen and oxygen atoms in total. The number of aromatic nitrogens is 3. The molecule has 1 aliphatic heterocycles. The number of hydrogen-bond acceptors (Lipinski definition) is 6. The van der Waals surface area contributed by atoms with Crippen LogP contribution < -0.4 is 5.32 Å². The Labute approximate surface area is 157 Å². The van der Waals surface area contributed by atoms with Crippen LogP contribution in [0.15, 0.2) is 35.0 Å². The predicted molar refractivity (Wildman–Crippen MR) is 102 cm³/mol. The number of fused-ring (bicyclic) bond motifs is 1. The summed E-state index contributed by atoms with van der Waals surface area (Å²) >= 11 is 0. The second kappa shape index (κ2) is 7.89. The SMILES string of the molecule is CN1CCN(CCCNC(=O)c2nc(-c3ccc4[nH]ccc4c3)no2)CC1. The fourth-order valence-corrected chi connectivity index (χ4v) is 3.28. The number of amides is 1.